The van der Waals surface area contributed by atoms with E-state index in [1.807, 2.05) is 0 Å². The Balaban J connectivity index is 1.34. The molecule has 0 radical (unpaired) electrons. The maximum Gasteiger partial charge on any atom is 0.310 e. The van der Waals surface area contributed by atoms with Crippen LogP contribution in [-0.4, -0.2) is 62.0 Å². The van der Waals surface area contributed by atoms with Crippen LogP contribution in [-0.2, 0) is 19.0 Å². The van der Waals surface area contributed by atoms with E-state index in [4.69, 9.17) is 14.2 Å². The number of nitrogens with zero attached hydrogens (tertiary/aromatic N) is 1. The zero-order valence-corrected chi connectivity index (χ0v) is 16.2. The van der Waals surface area contributed by atoms with Gasteiger partial charge in [-0.2, -0.15) is 0 Å². The zero-order chi connectivity index (χ0) is 17.9. The highest BCUT2D eigenvalue weighted by Crippen LogP contribution is 2.62. The quantitative estimate of drug-likeness (QED) is 0.568. The number of ether oxygens (including phenoxy) is 3. The molecule has 26 heavy (non-hydrogen) atoms. The molecule has 3 aliphatic heterocycles. The van der Waals surface area contributed by atoms with E-state index in [2.05, 4.69) is 11.8 Å². The first-order chi connectivity index (χ1) is 12.5. The lowest BCUT2D eigenvalue weighted by Crippen LogP contribution is -2.51. The smallest absolute Gasteiger partial charge is 0.310 e. The van der Waals surface area contributed by atoms with E-state index in [1.165, 1.54) is 32.1 Å². The minimum Gasteiger partial charge on any atom is -0.462 e. The maximum atomic E-state index is 12.8. The fraction of sp³-hybridized carbons (Fsp3) is 0.952. The molecule has 5 fully saturated rings. The molecule has 0 aromatic heterocycles. The number of esters is 1. The molecule has 2 aliphatic carbocycles. The highest BCUT2D eigenvalue weighted by Gasteiger charge is 2.65. The summed E-state index contributed by atoms with van der Waals surface area (Å²) in [6, 6.07) is 0.466. The number of carbonyl (C=O) groups is 1. The Morgan fingerprint density at radius 1 is 1.31 bits per heavy atom. The normalized spacial score (nSPS) is 50.5. The van der Waals surface area contributed by atoms with Gasteiger partial charge < -0.3 is 14.2 Å². The lowest BCUT2D eigenvalue weighted by Gasteiger charge is -2.51. The number of rotatable bonds is 4. The van der Waals surface area contributed by atoms with Crippen molar-refractivity contribution in [2.45, 2.75) is 69.6 Å². The molecule has 1 spiro atoms. The minimum atomic E-state index is 0.0414. The minimum absolute atomic E-state index is 0.0414. The van der Waals surface area contributed by atoms with E-state index < -0.39 is 0 Å². The maximum absolute atomic E-state index is 12.8. The Hall–Kier alpha value is -0.650. The number of epoxide rings is 1. The molecule has 3 heterocycles. The van der Waals surface area contributed by atoms with Gasteiger partial charge in [-0.05, 0) is 62.8 Å². The molecule has 5 rings (SSSR count). The second kappa shape index (κ2) is 6.18. The lowest BCUT2D eigenvalue weighted by molar-refractivity contribution is -0.147. The summed E-state index contributed by atoms with van der Waals surface area (Å²) in [5, 5.41) is 0. The fourth-order valence-electron chi connectivity index (χ4n) is 6.93. The number of likely N-dealkylation sites (tertiary alicyclic amines) is 1. The summed E-state index contributed by atoms with van der Waals surface area (Å²) >= 11 is 0. The average Bonchev–Trinajstić information content (AvgIpc) is 3.12. The molecule has 0 bridgehead atoms. The van der Waals surface area contributed by atoms with Gasteiger partial charge in [-0.25, -0.2) is 0 Å². The second-order valence-electron chi connectivity index (χ2n) is 9.85. The van der Waals surface area contributed by atoms with Gasteiger partial charge in [-0.3, -0.25) is 9.69 Å². The van der Waals surface area contributed by atoms with Crippen molar-refractivity contribution in [3.63, 3.8) is 0 Å². The Labute approximate surface area is 156 Å². The van der Waals surface area contributed by atoms with Gasteiger partial charge in [-0.15, -0.1) is 0 Å². The van der Waals surface area contributed by atoms with E-state index >= 15 is 0 Å². The van der Waals surface area contributed by atoms with Crippen LogP contribution in [0.5, 0.6) is 0 Å². The summed E-state index contributed by atoms with van der Waals surface area (Å²) in [5.74, 6) is 1.08. The first-order valence-corrected chi connectivity index (χ1v) is 10.6. The van der Waals surface area contributed by atoms with Crippen molar-refractivity contribution in [3.05, 3.63) is 0 Å². The molecule has 7 atom stereocenters. The predicted molar refractivity (Wildman–Crippen MR) is 96.7 cm³/mol. The Kier molecular flexibility index (Phi) is 4.15. The van der Waals surface area contributed by atoms with Gasteiger partial charge in [0.25, 0.3) is 0 Å². The molecule has 4 unspecified atom stereocenters. The summed E-state index contributed by atoms with van der Waals surface area (Å²) in [5.41, 5.74) is 0.428. The fourth-order valence-corrected chi connectivity index (χ4v) is 6.93. The van der Waals surface area contributed by atoms with E-state index in [0.717, 1.165) is 39.1 Å². The van der Waals surface area contributed by atoms with Gasteiger partial charge in [-0.1, -0.05) is 6.92 Å². The summed E-state index contributed by atoms with van der Waals surface area (Å²) in [6.07, 6.45) is 8.41. The Morgan fingerprint density at radius 2 is 2.15 bits per heavy atom. The SMILES string of the molecule is COCC1CCCN1CC1C(=O)O[C@@H]2C[C@@]3(C)CCCC4(CO4)C3C[C@H]12. The standard InChI is InChI=1S/C21H33NO4/c1-20-6-4-7-21(13-25-21)18(20)9-15-16(19(23)26-17(15)10-20)11-22-8-3-5-14(22)12-24-2/h14-18H,3-13H2,1-2H3/t14?,15-,16?,17-,18?,20-,21?/m1/s1. The molecule has 5 nitrogen and oxygen atoms in total. The topological polar surface area (TPSA) is 51.3 Å². The third-order valence-corrected chi connectivity index (χ3v) is 8.37. The van der Waals surface area contributed by atoms with Crippen molar-refractivity contribution < 1.29 is 19.0 Å². The van der Waals surface area contributed by atoms with Crippen LogP contribution in [0.15, 0.2) is 0 Å². The number of hydrogen-bond acceptors (Lipinski definition) is 5. The molecular formula is C21H33NO4. The first kappa shape index (κ1) is 17.4. The van der Waals surface area contributed by atoms with Crippen LogP contribution in [0.4, 0.5) is 0 Å². The predicted octanol–water partition coefficient (Wildman–Crippen LogP) is 2.62. The van der Waals surface area contributed by atoms with E-state index in [-0.39, 0.29) is 29.0 Å². The molecule has 2 saturated carbocycles. The van der Waals surface area contributed by atoms with Crippen LogP contribution in [0.2, 0.25) is 0 Å². The van der Waals surface area contributed by atoms with Gasteiger partial charge in [0, 0.05) is 25.6 Å². The molecule has 0 aromatic carbocycles. The third-order valence-electron chi connectivity index (χ3n) is 8.37. The summed E-state index contributed by atoms with van der Waals surface area (Å²) < 4.78 is 17.4. The average molecular weight is 363 g/mol. The number of carbonyl (C=O) groups excluding carboxylic acids is 1. The lowest BCUT2D eigenvalue weighted by atomic mass is 9.53. The second-order valence-corrected chi connectivity index (χ2v) is 9.85. The molecule has 0 amide bonds. The van der Waals surface area contributed by atoms with Crippen LogP contribution >= 0.6 is 0 Å². The summed E-state index contributed by atoms with van der Waals surface area (Å²) in [4.78, 5) is 15.3. The third kappa shape index (κ3) is 2.65. The van der Waals surface area contributed by atoms with Crippen LogP contribution in [0.1, 0.15) is 51.9 Å². The molecule has 146 valence electrons. The van der Waals surface area contributed by atoms with Crippen molar-refractivity contribution in [2.75, 3.05) is 33.4 Å². The van der Waals surface area contributed by atoms with Crippen LogP contribution in [0, 0.1) is 23.2 Å². The number of fused-ring (bicyclic) bond motifs is 3. The highest BCUT2D eigenvalue weighted by molar-refractivity contribution is 5.75. The molecular weight excluding hydrogens is 330 g/mol. The van der Waals surface area contributed by atoms with Gasteiger partial charge in [0.05, 0.1) is 24.7 Å². The van der Waals surface area contributed by atoms with E-state index in [0.29, 0.717) is 17.9 Å². The Morgan fingerprint density at radius 3 is 2.92 bits per heavy atom. The molecule has 0 aromatic rings. The van der Waals surface area contributed by atoms with Crippen molar-refractivity contribution in [1.29, 1.82) is 0 Å². The van der Waals surface area contributed by atoms with Crippen molar-refractivity contribution in [2.24, 2.45) is 23.2 Å². The molecule has 5 aliphatic rings. The summed E-state index contributed by atoms with van der Waals surface area (Å²) in [7, 11) is 1.77. The molecule has 3 saturated heterocycles. The van der Waals surface area contributed by atoms with Crippen molar-refractivity contribution >= 4 is 5.97 Å². The first-order valence-electron chi connectivity index (χ1n) is 10.6. The van der Waals surface area contributed by atoms with Crippen molar-refractivity contribution in [3.8, 4) is 0 Å². The molecule has 0 N–H and O–H groups in total. The van der Waals surface area contributed by atoms with Gasteiger partial charge in [0.15, 0.2) is 0 Å². The van der Waals surface area contributed by atoms with Crippen LogP contribution < -0.4 is 0 Å². The summed E-state index contributed by atoms with van der Waals surface area (Å²) in [6.45, 7) is 6.07. The van der Waals surface area contributed by atoms with Crippen LogP contribution in [0.3, 0.4) is 0 Å². The largest absolute Gasteiger partial charge is 0.462 e. The van der Waals surface area contributed by atoms with Crippen molar-refractivity contribution in [1.82, 2.24) is 4.90 Å². The molecule has 5 heteroatoms. The Bertz CT molecular complexity index is 576. The number of hydrogen-bond donors (Lipinski definition) is 0. The monoisotopic (exact) mass is 363 g/mol. The van der Waals surface area contributed by atoms with Crippen LogP contribution in [0.25, 0.3) is 0 Å². The van der Waals surface area contributed by atoms with Gasteiger partial charge >= 0.3 is 5.97 Å². The van der Waals surface area contributed by atoms with E-state index in [9.17, 15) is 4.79 Å². The van der Waals surface area contributed by atoms with E-state index in [1.54, 1.807) is 7.11 Å². The zero-order valence-electron chi connectivity index (χ0n) is 16.2. The number of methoxy groups -OCH3 is 1. The highest BCUT2D eigenvalue weighted by atomic mass is 16.6. The van der Waals surface area contributed by atoms with Gasteiger partial charge in [0.2, 0.25) is 0 Å². The van der Waals surface area contributed by atoms with Gasteiger partial charge in [0.1, 0.15) is 6.10 Å².